The van der Waals surface area contributed by atoms with E-state index in [0.29, 0.717) is 23.9 Å². The molecule has 0 amide bonds. The largest absolute Gasteiger partial charge is 0.493 e. The summed E-state index contributed by atoms with van der Waals surface area (Å²) in [7, 11) is 4.75. The fourth-order valence-electron chi connectivity index (χ4n) is 4.26. The van der Waals surface area contributed by atoms with E-state index in [0.717, 1.165) is 17.6 Å². The van der Waals surface area contributed by atoms with Gasteiger partial charge in [-0.1, -0.05) is 24.8 Å². The maximum absolute atomic E-state index is 12.6. The SMILES string of the molecule is C=CC1=C(/C=C\C)CC2COC(=O)C2C1c1cc(OC)c(OC)c(OC)c1. The molecule has 1 fully saturated rings. The monoisotopic (exact) mass is 370 g/mol. The van der Waals surface area contributed by atoms with E-state index < -0.39 is 0 Å². The number of hydrogen-bond donors (Lipinski definition) is 0. The number of esters is 1. The summed E-state index contributed by atoms with van der Waals surface area (Å²) in [6.07, 6.45) is 6.78. The molecular formula is C22H26O5. The van der Waals surface area contributed by atoms with Crippen molar-refractivity contribution in [1.29, 1.82) is 0 Å². The number of hydrogen-bond acceptors (Lipinski definition) is 5. The number of ether oxygens (including phenoxy) is 4. The maximum Gasteiger partial charge on any atom is 0.310 e. The van der Waals surface area contributed by atoms with Gasteiger partial charge in [0.25, 0.3) is 0 Å². The predicted octanol–water partition coefficient (Wildman–Crippen LogP) is 4.05. The number of carbonyl (C=O) groups is 1. The van der Waals surface area contributed by atoms with Crippen molar-refractivity contribution in [2.45, 2.75) is 19.3 Å². The Hall–Kier alpha value is -2.69. The Morgan fingerprint density at radius 3 is 2.33 bits per heavy atom. The van der Waals surface area contributed by atoms with Crippen LogP contribution in [0.3, 0.4) is 0 Å². The van der Waals surface area contributed by atoms with Crippen LogP contribution in [0.2, 0.25) is 0 Å². The van der Waals surface area contributed by atoms with Gasteiger partial charge in [-0.15, -0.1) is 0 Å². The van der Waals surface area contributed by atoms with Crippen LogP contribution in [0.4, 0.5) is 0 Å². The van der Waals surface area contributed by atoms with E-state index >= 15 is 0 Å². The number of cyclic esters (lactones) is 1. The number of fused-ring (bicyclic) bond motifs is 1. The summed E-state index contributed by atoms with van der Waals surface area (Å²) in [6.45, 7) is 6.46. The fourth-order valence-corrected chi connectivity index (χ4v) is 4.26. The van der Waals surface area contributed by atoms with Crippen LogP contribution in [0.15, 0.2) is 48.1 Å². The predicted molar refractivity (Wildman–Crippen MR) is 103 cm³/mol. The van der Waals surface area contributed by atoms with Crippen molar-refractivity contribution in [2.24, 2.45) is 11.8 Å². The van der Waals surface area contributed by atoms with Crippen LogP contribution < -0.4 is 14.2 Å². The van der Waals surface area contributed by atoms with E-state index in [2.05, 4.69) is 12.7 Å². The Kier molecular flexibility index (Phi) is 5.59. The number of methoxy groups -OCH3 is 3. The zero-order valence-electron chi connectivity index (χ0n) is 16.3. The van der Waals surface area contributed by atoms with Gasteiger partial charge in [-0.2, -0.15) is 0 Å². The van der Waals surface area contributed by atoms with E-state index in [4.69, 9.17) is 18.9 Å². The lowest BCUT2D eigenvalue weighted by Crippen LogP contribution is -2.30. The van der Waals surface area contributed by atoms with Gasteiger partial charge in [-0.25, -0.2) is 0 Å². The molecule has 1 aliphatic heterocycles. The molecule has 5 heteroatoms. The first-order valence-electron chi connectivity index (χ1n) is 9.04. The molecule has 27 heavy (non-hydrogen) atoms. The van der Waals surface area contributed by atoms with Gasteiger partial charge in [-0.05, 0) is 42.2 Å². The molecule has 0 spiro atoms. The molecular weight excluding hydrogens is 344 g/mol. The van der Waals surface area contributed by atoms with E-state index in [1.165, 1.54) is 5.57 Å². The van der Waals surface area contributed by atoms with Crippen LogP contribution in [0.5, 0.6) is 17.2 Å². The third-order valence-corrected chi connectivity index (χ3v) is 5.40. The lowest BCUT2D eigenvalue weighted by molar-refractivity contribution is -0.141. The normalized spacial score (nSPS) is 24.6. The minimum absolute atomic E-state index is 0.150. The van der Waals surface area contributed by atoms with Crippen molar-refractivity contribution < 1.29 is 23.7 Å². The average Bonchev–Trinajstić information content (AvgIpc) is 3.06. The molecule has 0 aromatic heterocycles. The molecule has 3 rings (SSSR count). The van der Waals surface area contributed by atoms with Crippen LogP contribution >= 0.6 is 0 Å². The van der Waals surface area contributed by atoms with Crippen molar-refractivity contribution in [3.05, 3.63) is 53.6 Å². The molecule has 2 aliphatic rings. The molecule has 1 aromatic carbocycles. The summed E-state index contributed by atoms with van der Waals surface area (Å²) in [4.78, 5) is 12.6. The first-order valence-corrected chi connectivity index (χ1v) is 9.04. The van der Waals surface area contributed by atoms with Gasteiger partial charge in [0.05, 0.1) is 33.9 Å². The van der Waals surface area contributed by atoms with Gasteiger partial charge >= 0.3 is 5.97 Å². The molecule has 3 unspecified atom stereocenters. The quantitative estimate of drug-likeness (QED) is 0.707. The zero-order valence-corrected chi connectivity index (χ0v) is 16.3. The van der Waals surface area contributed by atoms with Crippen molar-refractivity contribution in [1.82, 2.24) is 0 Å². The first-order chi connectivity index (χ1) is 13.1. The highest BCUT2D eigenvalue weighted by Crippen LogP contribution is 2.51. The third-order valence-electron chi connectivity index (χ3n) is 5.40. The maximum atomic E-state index is 12.6. The number of rotatable bonds is 6. The van der Waals surface area contributed by atoms with Crippen molar-refractivity contribution >= 4 is 5.97 Å². The molecule has 1 aliphatic carbocycles. The molecule has 0 radical (unpaired) electrons. The van der Waals surface area contributed by atoms with Gasteiger partial charge in [0.15, 0.2) is 11.5 Å². The van der Waals surface area contributed by atoms with E-state index in [1.54, 1.807) is 21.3 Å². The van der Waals surface area contributed by atoms with Crippen LogP contribution in [-0.4, -0.2) is 33.9 Å². The van der Waals surface area contributed by atoms with E-state index in [9.17, 15) is 4.79 Å². The molecule has 5 nitrogen and oxygen atoms in total. The second-order valence-corrected chi connectivity index (χ2v) is 6.74. The standard InChI is InChI=1S/C22H26O5/c1-6-8-13-9-15-12-27-22(23)20(15)19(16(13)7-2)14-10-17(24-3)21(26-5)18(11-14)25-4/h6-8,10-11,15,19-20H,2,9,12H2,1,3-5H3/b8-6-. The number of allylic oxidation sites excluding steroid dienone is 5. The van der Waals surface area contributed by atoms with Gasteiger partial charge in [0.1, 0.15) is 0 Å². The number of benzene rings is 1. The van der Waals surface area contributed by atoms with Gasteiger partial charge in [0, 0.05) is 11.8 Å². The van der Waals surface area contributed by atoms with Crippen molar-refractivity contribution in [3.63, 3.8) is 0 Å². The third kappa shape index (κ3) is 3.22. The summed E-state index contributed by atoms with van der Waals surface area (Å²) in [6, 6.07) is 3.83. The minimum Gasteiger partial charge on any atom is -0.493 e. The Morgan fingerprint density at radius 2 is 1.81 bits per heavy atom. The van der Waals surface area contributed by atoms with Crippen LogP contribution in [-0.2, 0) is 9.53 Å². The second kappa shape index (κ2) is 7.91. The van der Waals surface area contributed by atoms with Crippen molar-refractivity contribution in [2.75, 3.05) is 27.9 Å². The highest BCUT2D eigenvalue weighted by Gasteiger charge is 2.47. The molecule has 0 saturated carbocycles. The van der Waals surface area contributed by atoms with Crippen molar-refractivity contribution in [3.8, 4) is 17.2 Å². The molecule has 0 bridgehead atoms. The van der Waals surface area contributed by atoms with E-state index in [-0.39, 0.29) is 23.7 Å². The highest BCUT2D eigenvalue weighted by atomic mass is 16.5. The summed E-state index contributed by atoms with van der Waals surface area (Å²) in [5, 5.41) is 0. The summed E-state index contributed by atoms with van der Waals surface area (Å²) in [5.41, 5.74) is 3.16. The molecule has 144 valence electrons. The Labute approximate surface area is 160 Å². The fraction of sp³-hybridized carbons (Fsp3) is 0.409. The molecule has 3 atom stereocenters. The lowest BCUT2D eigenvalue weighted by atomic mass is 9.67. The Bertz CT molecular complexity index is 780. The minimum atomic E-state index is -0.241. The highest BCUT2D eigenvalue weighted by molar-refractivity contribution is 5.78. The smallest absolute Gasteiger partial charge is 0.310 e. The van der Waals surface area contributed by atoms with Gasteiger partial charge in [0.2, 0.25) is 5.75 Å². The zero-order chi connectivity index (χ0) is 19.6. The lowest BCUT2D eigenvalue weighted by Gasteiger charge is -2.34. The van der Waals surface area contributed by atoms with E-state index in [1.807, 2.05) is 31.2 Å². The molecule has 1 saturated heterocycles. The summed E-state index contributed by atoms with van der Waals surface area (Å²) < 4.78 is 21.9. The topological polar surface area (TPSA) is 54.0 Å². The molecule has 1 heterocycles. The summed E-state index contributed by atoms with van der Waals surface area (Å²) in [5.74, 6) is 1.25. The molecule has 1 aromatic rings. The molecule has 0 N–H and O–H groups in total. The van der Waals surface area contributed by atoms with Gasteiger partial charge < -0.3 is 18.9 Å². The Balaban J connectivity index is 2.23. The average molecular weight is 370 g/mol. The van der Waals surface area contributed by atoms with Crippen LogP contribution in [0, 0.1) is 11.8 Å². The Morgan fingerprint density at radius 1 is 1.15 bits per heavy atom. The number of carbonyl (C=O) groups excluding carboxylic acids is 1. The summed E-state index contributed by atoms with van der Waals surface area (Å²) >= 11 is 0. The second-order valence-electron chi connectivity index (χ2n) is 6.74. The first kappa shape index (κ1) is 19.1. The van der Waals surface area contributed by atoms with Gasteiger partial charge in [-0.3, -0.25) is 4.79 Å². The van der Waals surface area contributed by atoms with Crippen LogP contribution in [0.1, 0.15) is 24.8 Å². The van der Waals surface area contributed by atoms with Crippen LogP contribution in [0.25, 0.3) is 0 Å².